The van der Waals surface area contributed by atoms with Crippen molar-refractivity contribution in [3.8, 4) is 5.75 Å². The highest BCUT2D eigenvalue weighted by atomic mass is 35.5. The van der Waals surface area contributed by atoms with Crippen molar-refractivity contribution in [1.82, 2.24) is 0 Å². The van der Waals surface area contributed by atoms with Gasteiger partial charge in [0.2, 0.25) is 10.0 Å². The van der Waals surface area contributed by atoms with E-state index in [0.29, 0.717) is 16.5 Å². The minimum atomic E-state index is -3.26. The summed E-state index contributed by atoms with van der Waals surface area (Å²) >= 11 is 5.80. The van der Waals surface area contributed by atoms with Gasteiger partial charge in [0.05, 0.1) is 24.1 Å². The Kier molecular flexibility index (Phi) is 3.23. The van der Waals surface area contributed by atoms with Crippen LogP contribution in [-0.4, -0.2) is 21.8 Å². The predicted molar refractivity (Wildman–Crippen MR) is 56.5 cm³/mol. The lowest BCUT2D eigenvalue weighted by atomic mass is 10.3. The van der Waals surface area contributed by atoms with Crippen LogP contribution in [0.3, 0.4) is 0 Å². The minimum absolute atomic E-state index is 0.362. The molecule has 0 saturated carbocycles. The number of methoxy groups -OCH3 is 1. The van der Waals surface area contributed by atoms with Crippen LogP contribution < -0.4 is 9.46 Å². The van der Waals surface area contributed by atoms with Gasteiger partial charge in [-0.25, -0.2) is 8.42 Å². The van der Waals surface area contributed by atoms with Gasteiger partial charge in [0.1, 0.15) is 5.75 Å². The van der Waals surface area contributed by atoms with Crippen LogP contribution in [0.25, 0.3) is 0 Å². The third-order valence-corrected chi connectivity index (χ3v) is 2.36. The SMILES string of the molecule is COc1ccc(NS(C)(=O)=O)cc1Cl. The molecular weight excluding hydrogens is 226 g/mol. The van der Waals surface area contributed by atoms with Crippen LogP contribution in [0.2, 0.25) is 5.02 Å². The summed E-state index contributed by atoms with van der Waals surface area (Å²) in [4.78, 5) is 0. The fraction of sp³-hybridized carbons (Fsp3) is 0.250. The van der Waals surface area contributed by atoms with Crippen molar-refractivity contribution in [2.75, 3.05) is 18.1 Å². The number of hydrogen-bond acceptors (Lipinski definition) is 3. The number of nitrogens with one attached hydrogen (secondary N) is 1. The normalized spacial score (nSPS) is 11.1. The molecule has 0 amide bonds. The molecular formula is C8H10ClNO3S. The van der Waals surface area contributed by atoms with Crippen LogP contribution in [-0.2, 0) is 10.0 Å². The topological polar surface area (TPSA) is 55.4 Å². The van der Waals surface area contributed by atoms with Crippen molar-refractivity contribution >= 4 is 27.3 Å². The third-order valence-electron chi connectivity index (χ3n) is 1.46. The van der Waals surface area contributed by atoms with Gasteiger partial charge in [-0.3, -0.25) is 4.72 Å². The maximum absolute atomic E-state index is 10.9. The number of ether oxygens (including phenoxy) is 1. The van der Waals surface area contributed by atoms with Crippen molar-refractivity contribution in [3.05, 3.63) is 23.2 Å². The van der Waals surface area contributed by atoms with E-state index in [2.05, 4.69) is 4.72 Å². The first-order chi connectivity index (χ1) is 6.42. The average Bonchev–Trinajstić information content (AvgIpc) is 2.01. The van der Waals surface area contributed by atoms with Gasteiger partial charge in [-0.2, -0.15) is 0 Å². The van der Waals surface area contributed by atoms with Crippen LogP contribution in [0.15, 0.2) is 18.2 Å². The van der Waals surface area contributed by atoms with Crippen molar-refractivity contribution in [3.63, 3.8) is 0 Å². The van der Waals surface area contributed by atoms with Crippen LogP contribution in [0.5, 0.6) is 5.75 Å². The molecule has 1 rings (SSSR count). The molecule has 0 spiro atoms. The van der Waals surface area contributed by atoms with Gasteiger partial charge in [-0.15, -0.1) is 0 Å². The maximum Gasteiger partial charge on any atom is 0.229 e. The Balaban J connectivity index is 2.98. The summed E-state index contributed by atoms with van der Waals surface area (Å²) in [6.07, 6.45) is 1.07. The van der Waals surface area contributed by atoms with E-state index in [1.807, 2.05) is 0 Å². The maximum atomic E-state index is 10.9. The monoisotopic (exact) mass is 235 g/mol. The molecule has 0 radical (unpaired) electrons. The van der Waals surface area contributed by atoms with Crippen LogP contribution >= 0.6 is 11.6 Å². The van der Waals surface area contributed by atoms with Crippen LogP contribution in [0.1, 0.15) is 0 Å². The van der Waals surface area contributed by atoms with E-state index < -0.39 is 10.0 Å². The average molecular weight is 236 g/mol. The van der Waals surface area contributed by atoms with E-state index in [-0.39, 0.29) is 0 Å². The highest BCUT2D eigenvalue weighted by molar-refractivity contribution is 7.92. The minimum Gasteiger partial charge on any atom is -0.495 e. The molecule has 0 heterocycles. The number of benzene rings is 1. The first kappa shape index (κ1) is 11.1. The van der Waals surface area contributed by atoms with Crippen molar-refractivity contribution in [2.45, 2.75) is 0 Å². The molecule has 0 saturated heterocycles. The highest BCUT2D eigenvalue weighted by Crippen LogP contribution is 2.27. The number of sulfonamides is 1. The summed E-state index contributed by atoms with van der Waals surface area (Å²) in [5.74, 6) is 0.505. The summed E-state index contributed by atoms with van der Waals surface area (Å²) in [5, 5.41) is 0.362. The standard InChI is InChI=1S/C8H10ClNO3S/c1-13-8-4-3-6(5-7(8)9)10-14(2,11)12/h3-5,10H,1-2H3. The zero-order valence-electron chi connectivity index (χ0n) is 7.74. The summed E-state index contributed by atoms with van der Waals surface area (Å²) < 4.78 is 29.0. The Morgan fingerprint density at radius 2 is 2.07 bits per heavy atom. The molecule has 0 unspecified atom stereocenters. The summed E-state index contributed by atoms with van der Waals surface area (Å²) in [6, 6.07) is 4.66. The predicted octanol–water partition coefficient (Wildman–Crippen LogP) is 1.72. The second kappa shape index (κ2) is 4.06. The van der Waals surface area contributed by atoms with Crippen molar-refractivity contribution < 1.29 is 13.2 Å². The molecule has 0 bridgehead atoms. The quantitative estimate of drug-likeness (QED) is 0.868. The zero-order chi connectivity index (χ0) is 10.8. The third kappa shape index (κ3) is 3.08. The van der Waals surface area contributed by atoms with Crippen molar-refractivity contribution in [2.24, 2.45) is 0 Å². The van der Waals surface area contributed by atoms with Gasteiger partial charge in [-0.1, -0.05) is 11.6 Å². The first-order valence-electron chi connectivity index (χ1n) is 3.74. The summed E-state index contributed by atoms with van der Waals surface area (Å²) in [7, 11) is -1.77. The lowest BCUT2D eigenvalue weighted by Gasteiger charge is -2.06. The molecule has 78 valence electrons. The molecule has 1 aromatic carbocycles. The smallest absolute Gasteiger partial charge is 0.229 e. The molecule has 0 fully saturated rings. The van der Waals surface area contributed by atoms with Crippen LogP contribution in [0, 0.1) is 0 Å². The second-order valence-corrected chi connectivity index (χ2v) is 4.88. The molecule has 6 heteroatoms. The van der Waals surface area contributed by atoms with Gasteiger partial charge in [-0.05, 0) is 18.2 Å². The molecule has 0 aliphatic heterocycles. The molecule has 1 aromatic rings. The van der Waals surface area contributed by atoms with E-state index in [4.69, 9.17) is 16.3 Å². The Hall–Kier alpha value is -0.940. The fourth-order valence-corrected chi connectivity index (χ4v) is 1.76. The molecule has 4 nitrogen and oxygen atoms in total. The van der Waals surface area contributed by atoms with Gasteiger partial charge in [0.15, 0.2) is 0 Å². The molecule has 0 atom stereocenters. The number of halogens is 1. The molecule has 0 aliphatic rings. The number of hydrogen-bond donors (Lipinski definition) is 1. The lowest BCUT2D eigenvalue weighted by molar-refractivity contribution is 0.415. The molecule has 0 aromatic heterocycles. The van der Waals surface area contributed by atoms with Crippen molar-refractivity contribution in [1.29, 1.82) is 0 Å². The van der Waals surface area contributed by atoms with E-state index >= 15 is 0 Å². The first-order valence-corrected chi connectivity index (χ1v) is 6.00. The lowest BCUT2D eigenvalue weighted by Crippen LogP contribution is -2.09. The van der Waals surface area contributed by atoms with Gasteiger partial charge < -0.3 is 4.74 Å². The number of rotatable bonds is 3. The second-order valence-electron chi connectivity index (χ2n) is 2.72. The van der Waals surface area contributed by atoms with E-state index in [0.717, 1.165) is 6.26 Å². The van der Waals surface area contributed by atoms with Crippen LogP contribution in [0.4, 0.5) is 5.69 Å². The highest BCUT2D eigenvalue weighted by Gasteiger charge is 2.05. The largest absolute Gasteiger partial charge is 0.495 e. The summed E-state index contributed by atoms with van der Waals surface area (Å²) in [6.45, 7) is 0. The Labute approximate surface area is 87.9 Å². The Morgan fingerprint density at radius 3 is 2.50 bits per heavy atom. The van der Waals surface area contributed by atoms with Gasteiger partial charge >= 0.3 is 0 Å². The van der Waals surface area contributed by atoms with E-state index in [9.17, 15) is 8.42 Å². The fourth-order valence-electron chi connectivity index (χ4n) is 0.944. The van der Waals surface area contributed by atoms with Gasteiger partial charge in [0, 0.05) is 0 Å². The summed E-state index contributed by atoms with van der Waals surface area (Å²) in [5.41, 5.74) is 0.415. The van der Waals surface area contributed by atoms with E-state index in [1.54, 1.807) is 12.1 Å². The zero-order valence-corrected chi connectivity index (χ0v) is 9.32. The van der Waals surface area contributed by atoms with E-state index in [1.165, 1.54) is 13.2 Å². The Bertz CT molecular complexity index is 430. The van der Waals surface area contributed by atoms with Gasteiger partial charge in [0.25, 0.3) is 0 Å². The molecule has 0 aliphatic carbocycles. The number of anilines is 1. The molecule has 1 N–H and O–H groups in total. The molecule has 14 heavy (non-hydrogen) atoms. The Morgan fingerprint density at radius 1 is 1.43 bits per heavy atom.